The van der Waals surface area contributed by atoms with Crippen LogP contribution in [0.25, 0.3) is 0 Å². The molecule has 0 spiro atoms. The number of nitrogens with zero attached hydrogens (tertiary/aromatic N) is 1. The summed E-state index contributed by atoms with van der Waals surface area (Å²) in [6.07, 6.45) is -4.47. The second kappa shape index (κ2) is 6.67. The molecule has 1 aromatic carbocycles. The van der Waals surface area contributed by atoms with E-state index in [1.807, 2.05) is 0 Å². The molecular weight excluding hydrogens is 303 g/mol. The molecule has 1 rings (SSSR count). The van der Waals surface area contributed by atoms with Gasteiger partial charge in [-0.15, -0.1) is 0 Å². The predicted molar refractivity (Wildman–Crippen MR) is 72.1 cm³/mol. The summed E-state index contributed by atoms with van der Waals surface area (Å²) in [5, 5.41) is 8.59. The van der Waals surface area contributed by atoms with Crippen molar-refractivity contribution >= 4 is 11.9 Å². The third-order valence-electron chi connectivity index (χ3n) is 2.81. The van der Waals surface area contributed by atoms with E-state index < -0.39 is 31.2 Å². The molecule has 0 radical (unpaired) electrons. The molecule has 1 aromatic rings. The number of hydrogen-bond acceptors (Lipinski definition) is 3. The van der Waals surface area contributed by atoms with Crippen LogP contribution in [0.2, 0.25) is 0 Å². The van der Waals surface area contributed by atoms with Crippen LogP contribution < -0.4 is 4.74 Å². The summed E-state index contributed by atoms with van der Waals surface area (Å²) in [5.74, 6) is -1.62. The largest absolute Gasteiger partial charge is 0.481 e. The van der Waals surface area contributed by atoms with Gasteiger partial charge in [-0.1, -0.05) is 0 Å². The molecule has 8 heteroatoms. The van der Waals surface area contributed by atoms with Crippen LogP contribution >= 0.6 is 0 Å². The van der Waals surface area contributed by atoms with Gasteiger partial charge in [-0.2, -0.15) is 13.2 Å². The van der Waals surface area contributed by atoms with Gasteiger partial charge in [-0.3, -0.25) is 4.79 Å². The third-order valence-corrected chi connectivity index (χ3v) is 2.81. The molecule has 1 amide bonds. The highest BCUT2D eigenvalue weighted by Crippen LogP contribution is 2.26. The zero-order valence-corrected chi connectivity index (χ0v) is 12.3. The Morgan fingerprint density at radius 1 is 1.23 bits per heavy atom. The fraction of sp³-hybridized carbons (Fsp3) is 0.429. The lowest BCUT2D eigenvalue weighted by molar-refractivity contribution is -0.139. The number of rotatable bonds is 5. The van der Waals surface area contributed by atoms with E-state index in [-0.39, 0.29) is 5.56 Å². The molecule has 1 N–H and O–H groups in total. The number of halogens is 3. The van der Waals surface area contributed by atoms with Gasteiger partial charge in [-0.05, 0) is 37.1 Å². The Balaban J connectivity index is 2.98. The van der Waals surface area contributed by atoms with Crippen LogP contribution in [0.5, 0.6) is 5.75 Å². The predicted octanol–water partition coefficient (Wildman–Crippen LogP) is 2.40. The SMILES string of the molecule is Cc1cc(C(=O)N(C)CC(F)(F)F)cc(C)c1OCC(=O)O. The van der Waals surface area contributed by atoms with Gasteiger partial charge in [0.15, 0.2) is 6.61 Å². The smallest absolute Gasteiger partial charge is 0.406 e. The summed E-state index contributed by atoms with van der Waals surface area (Å²) in [4.78, 5) is 23.1. The van der Waals surface area contributed by atoms with Crippen molar-refractivity contribution in [1.82, 2.24) is 4.90 Å². The Hall–Kier alpha value is -2.25. The van der Waals surface area contributed by atoms with E-state index in [0.29, 0.717) is 21.8 Å². The molecular formula is C14H16F3NO4. The van der Waals surface area contributed by atoms with E-state index in [9.17, 15) is 22.8 Å². The van der Waals surface area contributed by atoms with Crippen LogP contribution in [-0.2, 0) is 4.79 Å². The van der Waals surface area contributed by atoms with Crippen LogP contribution in [-0.4, -0.2) is 48.3 Å². The van der Waals surface area contributed by atoms with Gasteiger partial charge in [-0.25, -0.2) is 4.79 Å². The molecule has 0 unspecified atom stereocenters. The van der Waals surface area contributed by atoms with Gasteiger partial charge in [0, 0.05) is 12.6 Å². The minimum absolute atomic E-state index is 0.0874. The first-order valence-corrected chi connectivity index (χ1v) is 6.29. The minimum Gasteiger partial charge on any atom is -0.481 e. The summed E-state index contributed by atoms with van der Waals surface area (Å²) < 4.78 is 42.0. The van der Waals surface area contributed by atoms with Crippen molar-refractivity contribution in [3.63, 3.8) is 0 Å². The van der Waals surface area contributed by atoms with E-state index in [4.69, 9.17) is 9.84 Å². The number of ether oxygens (including phenoxy) is 1. The van der Waals surface area contributed by atoms with Crippen molar-refractivity contribution < 1.29 is 32.6 Å². The summed E-state index contributed by atoms with van der Waals surface area (Å²) in [5.41, 5.74) is 1.04. The molecule has 0 heterocycles. The number of carbonyl (C=O) groups excluding carboxylic acids is 1. The first kappa shape index (κ1) is 17.8. The number of aryl methyl sites for hydroxylation is 2. The van der Waals surface area contributed by atoms with Crippen LogP contribution in [0.3, 0.4) is 0 Å². The lowest BCUT2D eigenvalue weighted by Gasteiger charge is -2.20. The molecule has 22 heavy (non-hydrogen) atoms. The number of carboxylic acid groups (broad SMARTS) is 1. The number of benzene rings is 1. The van der Waals surface area contributed by atoms with Gasteiger partial charge >= 0.3 is 12.1 Å². The Morgan fingerprint density at radius 2 is 1.73 bits per heavy atom. The molecule has 0 saturated heterocycles. The fourth-order valence-electron chi connectivity index (χ4n) is 2.00. The molecule has 0 aromatic heterocycles. The molecule has 0 atom stereocenters. The average Bonchev–Trinajstić information content (AvgIpc) is 2.34. The van der Waals surface area contributed by atoms with E-state index in [2.05, 4.69) is 0 Å². The first-order chi connectivity index (χ1) is 10.0. The number of aliphatic carboxylic acids is 1. The monoisotopic (exact) mass is 319 g/mol. The van der Waals surface area contributed by atoms with E-state index >= 15 is 0 Å². The highest BCUT2D eigenvalue weighted by molar-refractivity contribution is 5.94. The molecule has 0 saturated carbocycles. The van der Waals surface area contributed by atoms with Crippen molar-refractivity contribution in [2.24, 2.45) is 0 Å². The van der Waals surface area contributed by atoms with Crippen LogP contribution in [0.4, 0.5) is 13.2 Å². The summed E-state index contributed by atoms with van der Waals surface area (Å²) in [6.45, 7) is 1.29. The Labute approximate surface area is 125 Å². The van der Waals surface area contributed by atoms with E-state index in [0.717, 1.165) is 7.05 Å². The van der Waals surface area contributed by atoms with Crippen molar-refractivity contribution in [2.75, 3.05) is 20.2 Å². The summed E-state index contributed by atoms with van der Waals surface area (Å²) in [7, 11) is 1.06. The molecule has 0 fully saturated rings. The lowest BCUT2D eigenvalue weighted by atomic mass is 10.0. The lowest BCUT2D eigenvalue weighted by Crippen LogP contribution is -2.35. The van der Waals surface area contributed by atoms with Crippen LogP contribution in [0, 0.1) is 13.8 Å². The van der Waals surface area contributed by atoms with Crippen molar-refractivity contribution in [3.05, 3.63) is 28.8 Å². The molecule has 0 bridgehead atoms. The number of carbonyl (C=O) groups is 2. The first-order valence-electron chi connectivity index (χ1n) is 6.29. The maximum absolute atomic E-state index is 12.3. The van der Waals surface area contributed by atoms with Crippen molar-refractivity contribution in [1.29, 1.82) is 0 Å². The highest BCUT2D eigenvalue weighted by Gasteiger charge is 2.31. The second-order valence-corrected chi connectivity index (χ2v) is 4.90. The zero-order chi connectivity index (χ0) is 17.1. The quantitative estimate of drug-likeness (QED) is 0.905. The Bertz CT molecular complexity index is 561. The number of amides is 1. The topological polar surface area (TPSA) is 66.8 Å². The van der Waals surface area contributed by atoms with Gasteiger partial charge in [0.05, 0.1) is 0 Å². The van der Waals surface area contributed by atoms with Crippen molar-refractivity contribution in [2.45, 2.75) is 20.0 Å². The van der Waals surface area contributed by atoms with Gasteiger partial charge in [0.2, 0.25) is 0 Å². The zero-order valence-electron chi connectivity index (χ0n) is 12.3. The van der Waals surface area contributed by atoms with Gasteiger partial charge < -0.3 is 14.7 Å². The number of alkyl halides is 3. The third kappa shape index (κ3) is 4.94. The maximum atomic E-state index is 12.3. The van der Waals surface area contributed by atoms with Crippen molar-refractivity contribution in [3.8, 4) is 5.75 Å². The highest BCUT2D eigenvalue weighted by atomic mass is 19.4. The minimum atomic E-state index is -4.47. The summed E-state index contributed by atoms with van der Waals surface area (Å²) >= 11 is 0. The van der Waals surface area contributed by atoms with E-state index in [1.165, 1.54) is 12.1 Å². The molecule has 5 nitrogen and oxygen atoms in total. The Morgan fingerprint density at radius 3 is 2.14 bits per heavy atom. The van der Waals surface area contributed by atoms with Crippen LogP contribution in [0.1, 0.15) is 21.5 Å². The Kier molecular flexibility index (Phi) is 5.40. The van der Waals surface area contributed by atoms with Gasteiger partial charge in [0.1, 0.15) is 12.3 Å². The molecule has 0 aliphatic carbocycles. The maximum Gasteiger partial charge on any atom is 0.406 e. The number of hydrogen-bond donors (Lipinski definition) is 1. The molecule has 0 aliphatic heterocycles. The fourth-order valence-corrected chi connectivity index (χ4v) is 2.00. The molecule has 122 valence electrons. The summed E-state index contributed by atoms with van der Waals surface area (Å²) in [6, 6.07) is 2.75. The van der Waals surface area contributed by atoms with Gasteiger partial charge in [0.25, 0.3) is 5.91 Å². The number of carboxylic acids is 1. The second-order valence-electron chi connectivity index (χ2n) is 4.90. The molecule has 0 aliphatic rings. The van der Waals surface area contributed by atoms with Crippen LogP contribution in [0.15, 0.2) is 12.1 Å². The standard InChI is InChI=1S/C14H16F3NO4/c1-8-4-10(13(21)18(3)7-14(15,16)17)5-9(2)12(8)22-6-11(19)20/h4-5H,6-7H2,1-3H3,(H,19,20). The average molecular weight is 319 g/mol. The van der Waals surface area contributed by atoms with E-state index in [1.54, 1.807) is 13.8 Å². The normalized spacial score (nSPS) is 11.2.